The third kappa shape index (κ3) is 11.9. The second kappa shape index (κ2) is 12.0. The molecule has 0 aromatic carbocycles. The standard InChI is InChI=1S/C14H31N/c1-4-6-7-8-9-10-11-12-14(3)13-15-5-2/h14-15H,4-13H2,1-3H3. The van der Waals surface area contributed by atoms with Gasteiger partial charge in [-0.3, -0.25) is 0 Å². The van der Waals surface area contributed by atoms with Gasteiger partial charge in [0.25, 0.3) is 0 Å². The molecule has 92 valence electrons. The quantitative estimate of drug-likeness (QED) is 0.502. The summed E-state index contributed by atoms with van der Waals surface area (Å²) in [6, 6.07) is 0. The van der Waals surface area contributed by atoms with E-state index in [1.807, 2.05) is 0 Å². The molecule has 0 heterocycles. The van der Waals surface area contributed by atoms with Gasteiger partial charge in [0.2, 0.25) is 0 Å². The molecule has 0 aliphatic heterocycles. The molecule has 0 saturated heterocycles. The lowest BCUT2D eigenvalue weighted by Gasteiger charge is -2.11. The van der Waals surface area contributed by atoms with Gasteiger partial charge in [-0.1, -0.05) is 65.7 Å². The average molecular weight is 213 g/mol. The predicted molar refractivity (Wildman–Crippen MR) is 70.3 cm³/mol. The lowest BCUT2D eigenvalue weighted by atomic mass is 10.0. The van der Waals surface area contributed by atoms with Crippen LogP contribution in [0.4, 0.5) is 0 Å². The van der Waals surface area contributed by atoms with Gasteiger partial charge in [0, 0.05) is 0 Å². The van der Waals surface area contributed by atoms with Crippen molar-refractivity contribution in [2.45, 2.75) is 72.1 Å². The minimum Gasteiger partial charge on any atom is -0.317 e. The summed E-state index contributed by atoms with van der Waals surface area (Å²) in [5.74, 6) is 0.862. The highest BCUT2D eigenvalue weighted by molar-refractivity contribution is 4.56. The van der Waals surface area contributed by atoms with Crippen molar-refractivity contribution in [3.63, 3.8) is 0 Å². The van der Waals surface area contributed by atoms with E-state index < -0.39 is 0 Å². The second-order valence-electron chi connectivity index (χ2n) is 4.82. The lowest BCUT2D eigenvalue weighted by Crippen LogP contribution is -2.20. The molecule has 1 unspecified atom stereocenters. The van der Waals surface area contributed by atoms with Crippen LogP contribution in [0.15, 0.2) is 0 Å². The summed E-state index contributed by atoms with van der Waals surface area (Å²) in [4.78, 5) is 0. The SMILES string of the molecule is CCCCCCCCCC(C)CNCC. The van der Waals surface area contributed by atoms with E-state index >= 15 is 0 Å². The minimum atomic E-state index is 0.862. The molecule has 0 fully saturated rings. The van der Waals surface area contributed by atoms with Gasteiger partial charge in [0.05, 0.1) is 0 Å². The Morgan fingerprint density at radius 2 is 1.47 bits per heavy atom. The molecule has 0 aromatic heterocycles. The molecule has 0 aliphatic rings. The first-order chi connectivity index (χ1) is 7.31. The molecule has 0 aliphatic carbocycles. The normalized spacial score (nSPS) is 13.0. The van der Waals surface area contributed by atoms with E-state index in [1.54, 1.807) is 0 Å². The van der Waals surface area contributed by atoms with E-state index in [4.69, 9.17) is 0 Å². The van der Waals surface area contributed by atoms with Crippen LogP contribution in [0.3, 0.4) is 0 Å². The number of nitrogens with one attached hydrogen (secondary N) is 1. The van der Waals surface area contributed by atoms with Gasteiger partial charge in [0.15, 0.2) is 0 Å². The van der Waals surface area contributed by atoms with Crippen LogP contribution < -0.4 is 5.32 Å². The van der Waals surface area contributed by atoms with Crippen LogP contribution >= 0.6 is 0 Å². The van der Waals surface area contributed by atoms with Gasteiger partial charge in [-0.05, 0) is 25.4 Å². The summed E-state index contributed by atoms with van der Waals surface area (Å²) < 4.78 is 0. The maximum absolute atomic E-state index is 3.42. The highest BCUT2D eigenvalue weighted by atomic mass is 14.8. The van der Waals surface area contributed by atoms with E-state index in [0.29, 0.717) is 0 Å². The Balaban J connectivity index is 3.02. The second-order valence-corrected chi connectivity index (χ2v) is 4.82. The smallest absolute Gasteiger partial charge is 0.00233 e. The van der Waals surface area contributed by atoms with Crippen molar-refractivity contribution in [1.29, 1.82) is 0 Å². The van der Waals surface area contributed by atoms with E-state index in [2.05, 4.69) is 26.1 Å². The molecule has 1 nitrogen and oxygen atoms in total. The van der Waals surface area contributed by atoms with Gasteiger partial charge in [-0.2, -0.15) is 0 Å². The Kier molecular flexibility index (Phi) is 12.0. The van der Waals surface area contributed by atoms with Crippen LogP contribution in [0, 0.1) is 5.92 Å². The van der Waals surface area contributed by atoms with Crippen LogP contribution in [0.1, 0.15) is 72.1 Å². The number of unbranched alkanes of at least 4 members (excludes halogenated alkanes) is 6. The van der Waals surface area contributed by atoms with Gasteiger partial charge < -0.3 is 5.32 Å². The molecule has 15 heavy (non-hydrogen) atoms. The minimum absolute atomic E-state index is 0.862. The summed E-state index contributed by atoms with van der Waals surface area (Å²) in [5.41, 5.74) is 0. The number of hydrogen-bond acceptors (Lipinski definition) is 1. The van der Waals surface area contributed by atoms with Gasteiger partial charge in [-0.15, -0.1) is 0 Å². The molecule has 0 rings (SSSR count). The summed E-state index contributed by atoms with van der Waals surface area (Å²) in [7, 11) is 0. The molecular formula is C14H31N. The fourth-order valence-corrected chi connectivity index (χ4v) is 1.94. The molecule has 0 saturated carbocycles. The van der Waals surface area contributed by atoms with Crippen LogP contribution in [0.2, 0.25) is 0 Å². The molecule has 0 bridgehead atoms. The molecule has 1 heteroatoms. The van der Waals surface area contributed by atoms with Gasteiger partial charge in [0.1, 0.15) is 0 Å². The fourth-order valence-electron chi connectivity index (χ4n) is 1.94. The van der Waals surface area contributed by atoms with E-state index in [9.17, 15) is 0 Å². The predicted octanol–water partition coefficient (Wildman–Crippen LogP) is 4.37. The van der Waals surface area contributed by atoms with Crippen molar-refractivity contribution >= 4 is 0 Å². The lowest BCUT2D eigenvalue weighted by molar-refractivity contribution is 0.455. The largest absolute Gasteiger partial charge is 0.317 e. The van der Waals surface area contributed by atoms with Crippen LogP contribution in [-0.4, -0.2) is 13.1 Å². The Hall–Kier alpha value is -0.0400. The molecule has 1 N–H and O–H groups in total. The third-order valence-electron chi connectivity index (χ3n) is 3.04. The first-order valence-electron chi connectivity index (χ1n) is 7.02. The summed E-state index contributed by atoms with van der Waals surface area (Å²) in [6.07, 6.45) is 11.4. The topological polar surface area (TPSA) is 12.0 Å². The molecule has 0 spiro atoms. The van der Waals surface area contributed by atoms with Crippen molar-refractivity contribution in [3.8, 4) is 0 Å². The van der Waals surface area contributed by atoms with Crippen LogP contribution in [-0.2, 0) is 0 Å². The Morgan fingerprint density at radius 3 is 2.07 bits per heavy atom. The Labute approximate surface area is 97.0 Å². The zero-order valence-corrected chi connectivity index (χ0v) is 11.1. The Morgan fingerprint density at radius 1 is 0.867 bits per heavy atom. The third-order valence-corrected chi connectivity index (χ3v) is 3.04. The van der Waals surface area contributed by atoms with Crippen molar-refractivity contribution < 1.29 is 0 Å². The first kappa shape index (κ1) is 15.0. The van der Waals surface area contributed by atoms with Crippen molar-refractivity contribution in [3.05, 3.63) is 0 Å². The van der Waals surface area contributed by atoms with Gasteiger partial charge >= 0.3 is 0 Å². The summed E-state index contributed by atoms with van der Waals surface area (Å²) >= 11 is 0. The molecular weight excluding hydrogens is 182 g/mol. The van der Waals surface area contributed by atoms with E-state index in [-0.39, 0.29) is 0 Å². The van der Waals surface area contributed by atoms with E-state index in [1.165, 1.54) is 57.9 Å². The monoisotopic (exact) mass is 213 g/mol. The van der Waals surface area contributed by atoms with Crippen LogP contribution in [0.25, 0.3) is 0 Å². The zero-order chi connectivity index (χ0) is 11.4. The maximum Gasteiger partial charge on any atom is -0.00233 e. The van der Waals surface area contributed by atoms with Gasteiger partial charge in [-0.25, -0.2) is 0 Å². The van der Waals surface area contributed by atoms with E-state index in [0.717, 1.165) is 12.5 Å². The van der Waals surface area contributed by atoms with Crippen molar-refractivity contribution in [2.75, 3.05) is 13.1 Å². The molecule has 0 amide bonds. The average Bonchev–Trinajstić information content (AvgIpc) is 2.25. The fraction of sp³-hybridized carbons (Fsp3) is 1.00. The molecule has 0 radical (unpaired) electrons. The highest BCUT2D eigenvalue weighted by Gasteiger charge is 2.00. The number of rotatable bonds is 11. The molecule has 0 aromatic rings. The van der Waals surface area contributed by atoms with Crippen molar-refractivity contribution in [2.24, 2.45) is 5.92 Å². The summed E-state index contributed by atoms with van der Waals surface area (Å²) in [5, 5.41) is 3.42. The molecule has 1 atom stereocenters. The van der Waals surface area contributed by atoms with Crippen molar-refractivity contribution in [1.82, 2.24) is 5.32 Å². The Bertz CT molecular complexity index is 112. The highest BCUT2D eigenvalue weighted by Crippen LogP contribution is 2.11. The number of hydrogen-bond donors (Lipinski definition) is 1. The summed E-state index contributed by atoms with van der Waals surface area (Å²) in [6.45, 7) is 9.14. The van der Waals surface area contributed by atoms with Crippen LogP contribution in [0.5, 0.6) is 0 Å². The first-order valence-corrected chi connectivity index (χ1v) is 7.02. The maximum atomic E-state index is 3.42. The zero-order valence-electron chi connectivity index (χ0n) is 11.1.